The van der Waals surface area contributed by atoms with E-state index in [9.17, 15) is 5.11 Å². The zero-order valence-electron chi connectivity index (χ0n) is 22.5. The van der Waals surface area contributed by atoms with Crippen molar-refractivity contribution < 1.29 is 24.1 Å². The zero-order chi connectivity index (χ0) is 26.5. The van der Waals surface area contributed by atoms with Crippen molar-refractivity contribution in [2.45, 2.75) is 60.0 Å². The summed E-state index contributed by atoms with van der Waals surface area (Å²) in [4.78, 5) is 0. The minimum atomic E-state index is -0.157. The number of rotatable bonds is 10. The number of aliphatic hydroxyl groups is 1. The minimum Gasteiger partial charge on any atom is -0.496 e. The molecule has 37 heavy (non-hydrogen) atoms. The van der Waals surface area contributed by atoms with Gasteiger partial charge in [0, 0.05) is 11.6 Å². The Labute approximate surface area is 219 Å². The van der Waals surface area contributed by atoms with Gasteiger partial charge in [-0.3, -0.25) is 0 Å². The first kappa shape index (κ1) is 26.4. The van der Waals surface area contributed by atoms with Crippen LogP contribution in [-0.4, -0.2) is 24.4 Å². The Morgan fingerprint density at radius 1 is 0.784 bits per heavy atom. The lowest BCUT2D eigenvalue weighted by molar-refractivity contribution is 0.227. The largest absolute Gasteiger partial charge is 0.496 e. The van der Waals surface area contributed by atoms with E-state index in [1.807, 2.05) is 95.3 Å². The molecule has 0 unspecified atom stereocenters. The van der Waals surface area contributed by atoms with Crippen molar-refractivity contribution in [3.8, 4) is 34.1 Å². The van der Waals surface area contributed by atoms with E-state index < -0.39 is 0 Å². The summed E-state index contributed by atoms with van der Waals surface area (Å²) < 4.78 is 24.4. The topological polar surface area (TPSA) is 57.2 Å². The van der Waals surface area contributed by atoms with E-state index in [2.05, 4.69) is 6.07 Å². The highest BCUT2D eigenvalue weighted by Gasteiger charge is 2.21. The van der Waals surface area contributed by atoms with Gasteiger partial charge in [-0.05, 0) is 86.5 Å². The van der Waals surface area contributed by atoms with Crippen molar-refractivity contribution in [3.05, 3.63) is 83.4 Å². The Morgan fingerprint density at radius 3 is 2.16 bits per heavy atom. The molecule has 0 atom stereocenters. The molecule has 0 aliphatic heterocycles. The molecule has 4 rings (SSSR count). The number of benzene rings is 4. The molecule has 194 valence electrons. The first-order chi connectivity index (χ1) is 17.8. The van der Waals surface area contributed by atoms with Crippen LogP contribution in [0.2, 0.25) is 0 Å². The molecule has 0 aromatic heterocycles. The van der Waals surface area contributed by atoms with E-state index in [1.165, 1.54) is 0 Å². The first-order valence-corrected chi connectivity index (χ1v) is 12.7. The third-order valence-electron chi connectivity index (χ3n) is 5.97. The summed E-state index contributed by atoms with van der Waals surface area (Å²) in [5, 5.41) is 12.3. The van der Waals surface area contributed by atoms with Gasteiger partial charge in [0.1, 0.15) is 29.6 Å². The molecule has 1 N–H and O–H groups in total. The molecule has 0 saturated carbocycles. The van der Waals surface area contributed by atoms with Gasteiger partial charge in [-0.2, -0.15) is 0 Å². The second-order valence-corrected chi connectivity index (χ2v) is 9.72. The number of hydrogen-bond donors (Lipinski definition) is 1. The van der Waals surface area contributed by atoms with E-state index in [4.69, 9.17) is 18.9 Å². The normalized spacial score (nSPS) is 11.3. The lowest BCUT2D eigenvalue weighted by atomic mass is 9.92. The van der Waals surface area contributed by atoms with E-state index in [0.29, 0.717) is 18.1 Å². The van der Waals surface area contributed by atoms with Crippen LogP contribution < -0.4 is 18.9 Å². The maximum atomic E-state index is 10.4. The quantitative estimate of drug-likeness (QED) is 0.245. The van der Waals surface area contributed by atoms with Gasteiger partial charge in [0.25, 0.3) is 0 Å². The van der Waals surface area contributed by atoms with Gasteiger partial charge >= 0.3 is 0 Å². The van der Waals surface area contributed by atoms with Gasteiger partial charge in [-0.15, -0.1) is 0 Å². The summed E-state index contributed by atoms with van der Waals surface area (Å²) >= 11 is 0. The van der Waals surface area contributed by atoms with E-state index in [-0.39, 0.29) is 18.8 Å². The van der Waals surface area contributed by atoms with Gasteiger partial charge < -0.3 is 24.1 Å². The fourth-order valence-corrected chi connectivity index (χ4v) is 4.55. The third-order valence-corrected chi connectivity index (χ3v) is 5.97. The predicted molar refractivity (Wildman–Crippen MR) is 149 cm³/mol. The fraction of sp³-hybridized carbons (Fsp3) is 0.312. The van der Waals surface area contributed by atoms with Crippen LogP contribution in [0.3, 0.4) is 0 Å². The summed E-state index contributed by atoms with van der Waals surface area (Å²) in [5.41, 5.74) is 4.64. The zero-order valence-corrected chi connectivity index (χ0v) is 22.5. The second-order valence-electron chi connectivity index (χ2n) is 9.72. The molecule has 5 heteroatoms. The van der Waals surface area contributed by atoms with E-state index >= 15 is 0 Å². The molecule has 0 amide bonds. The smallest absolute Gasteiger partial charge is 0.131 e. The molecular formula is C32H36O5. The Morgan fingerprint density at radius 2 is 1.51 bits per heavy atom. The number of hydrogen-bond acceptors (Lipinski definition) is 5. The lowest BCUT2D eigenvalue weighted by Crippen LogP contribution is -2.10. The lowest BCUT2D eigenvalue weighted by Gasteiger charge is -2.22. The average molecular weight is 501 g/mol. The van der Waals surface area contributed by atoms with Crippen molar-refractivity contribution in [2.75, 3.05) is 7.11 Å². The van der Waals surface area contributed by atoms with Crippen molar-refractivity contribution in [1.29, 1.82) is 0 Å². The van der Waals surface area contributed by atoms with Crippen LogP contribution >= 0.6 is 0 Å². The van der Waals surface area contributed by atoms with Crippen LogP contribution in [0.5, 0.6) is 23.0 Å². The van der Waals surface area contributed by atoms with Gasteiger partial charge in [0.15, 0.2) is 0 Å². The Balaban J connectivity index is 1.94. The third kappa shape index (κ3) is 6.00. The molecule has 0 fully saturated rings. The van der Waals surface area contributed by atoms with Crippen molar-refractivity contribution in [2.24, 2.45) is 0 Å². The standard InChI is InChI=1S/C32H36O5/c1-20(2)36-25-16-24(18-33)31(30(17-25)37-21(3)4)26-12-13-28(35-19-23-10-8-7-9-11-23)32-27(26)14-22(5)15-29(32)34-6/h7-17,20-21,33H,18-19H2,1-6H3. The maximum Gasteiger partial charge on any atom is 0.131 e. The number of fused-ring (bicyclic) bond motifs is 1. The highest BCUT2D eigenvalue weighted by molar-refractivity contribution is 6.05. The second kappa shape index (κ2) is 11.6. The number of aryl methyl sites for hydroxylation is 1. The average Bonchev–Trinajstić information content (AvgIpc) is 2.86. The Bertz CT molecular complexity index is 1360. The van der Waals surface area contributed by atoms with Crippen LogP contribution in [0.1, 0.15) is 44.4 Å². The molecule has 0 radical (unpaired) electrons. The summed E-state index contributed by atoms with van der Waals surface area (Å²) in [7, 11) is 1.67. The fourth-order valence-electron chi connectivity index (χ4n) is 4.55. The first-order valence-electron chi connectivity index (χ1n) is 12.7. The van der Waals surface area contributed by atoms with Crippen LogP contribution in [-0.2, 0) is 13.2 Å². The molecule has 4 aromatic carbocycles. The van der Waals surface area contributed by atoms with Gasteiger partial charge in [-0.25, -0.2) is 0 Å². The molecule has 0 bridgehead atoms. The molecule has 0 spiro atoms. The summed E-state index contributed by atoms with van der Waals surface area (Å²) in [5.74, 6) is 2.80. The van der Waals surface area contributed by atoms with Crippen LogP contribution in [0.25, 0.3) is 21.9 Å². The molecule has 0 saturated heterocycles. The number of ether oxygens (including phenoxy) is 4. The Hall–Kier alpha value is -3.70. The summed E-state index contributed by atoms with van der Waals surface area (Å²) in [6.45, 7) is 10.3. The van der Waals surface area contributed by atoms with E-state index in [0.717, 1.165) is 50.1 Å². The highest BCUT2D eigenvalue weighted by Crippen LogP contribution is 2.46. The summed E-state index contributed by atoms with van der Waals surface area (Å²) in [6, 6.07) is 22.0. The van der Waals surface area contributed by atoms with Crippen molar-refractivity contribution in [1.82, 2.24) is 0 Å². The molecule has 0 aliphatic rings. The van der Waals surface area contributed by atoms with Gasteiger partial charge in [-0.1, -0.05) is 36.4 Å². The SMILES string of the molecule is COc1cc(C)cc2c(-c3c(CO)cc(OC(C)C)cc3OC(C)C)ccc(OCc3ccccc3)c12. The van der Waals surface area contributed by atoms with Gasteiger partial charge in [0.05, 0.1) is 31.3 Å². The van der Waals surface area contributed by atoms with Crippen molar-refractivity contribution >= 4 is 10.8 Å². The van der Waals surface area contributed by atoms with E-state index in [1.54, 1.807) is 7.11 Å². The van der Waals surface area contributed by atoms with Gasteiger partial charge in [0.2, 0.25) is 0 Å². The molecule has 0 heterocycles. The van der Waals surface area contributed by atoms with Crippen molar-refractivity contribution in [3.63, 3.8) is 0 Å². The minimum absolute atomic E-state index is 0.00178. The Kier molecular flexibility index (Phi) is 8.24. The number of methoxy groups -OCH3 is 1. The van der Waals surface area contributed by atoms with Crippen LogP contribution in [0, 0.1) is 6.92 Å². The van der Waals surface area contributed by atoms with Crippen LogP contribution in [0.15, 0.2) is 66.7 Å². The molecule has 0 aliphatic carbocycles. The highest BCUT2D eigenvalue weighted by atomic mass is 16.5. The number of aliphatic hydroxyl groups excluding tert-OH is 1. The maximum absolute atomic E-state index is 10.4. The molecular weight excluding hydrogens is 464 g/mol. The molecule has 5 nitrogen and oxygen atoms in total. The predicted octanol–water partition coefficient (Wildman–Crippen LogP) is 7.47. The monoisotopic (exact) mass is 500 g/mol. The molecule has 4 aromatic rings. The summed E-state index contributed by atoms with van der Waals surface area (Å²) in [6.07, 6.45) is -0.0614. The van der Waals surface area contributed by atoms with Crippen LogP contribution in [0.4, 0.5) is 0 Å².